The van der Waals surface area contributed by atoms with Crippen molar-refractivity contribution in [2.45, 2.75) is 20.0 Å². The number of nitrogens with two attached hydrogens (primary N) is 1. The largest absolute Gasteiger partial charge is 0.448 e. The van der Waals surface area contributed by atoms with Crippen LogP contribution >= 0.6 is 0 Å². The molecule has 0 aliphatic carbocycles. The van der Waals surface area contributed by atoms with Gasteiger partial charge in [-0.2, -0.15) is 0 Å². The molecule has 0 fully saturated rings. The van der Waals surface area contributed by atoms with E-state index in [1.165, 1.54) is 0 Å². The fourth-order valence-electron chi connectivity index (χ4n) is 0.850. The number of amides is 1. The molecule has 0 aromatic heterocycles. The fourth-order valence-corrected chi connectivity index (χ4v) is 0.850. The maximum atomic E-state index is 11.0. The van der Waals surface area contributed by atoms with Gasteiger partial charge in [0.1, 0.15) is 0 Å². The number of aliphatic hydroxyl groups is 1. The zero-order chi connectivity index (χ0) is 11.4. The summed E-state index contributed by atoms with van der Waals surface area (Å²) in [6.07, 6.45) is -0.221. The minimum atomic E-state index is -1.15. The van der Waals surface area contributed by atoms with E-state index in [2.05, 4.69) is 6.58 Å². The van der Waals surface area contributed by atoms with Crippen LogP contribution < -0.4 is 5.73 Å². The van der Waals surface area contributed by atoms with E-state index in [-0.39, 0.29) is 6.61 Å². The molecule has 0 aliphatic rings. The number of ether oxygens (including phenoxy) is 1. The number of hydrogen-bond acceptors (Lipinski definition) is 4. The molecule has 0 heterocycles. The first-order valence-corrected chi connectivity index (χ1v) is 4.08. The summed E-state index contributed by atoms with van der Waals surface area (Å²) >= 11 is 0. The van der Waals surface area contributed by atoms with Crippen LogP contribution in [0, 0.1) is 5.41 Å². The topological polar surface area (TPSA) is 89.6 Å². The average molecular weight is 201 g/mol. The van der Waals surface area contributed by atoms with Gasteiger partial charge in [-0.05, 0) is 0 Å². The first-order chi connectivity index (χ1) is 6.35. The Hall–Kier alpha value is -1.36. The van der Waals surface area contributed by atoms with Crippen molar-refractivity contribution in [3.8, 4) is 0 Å². The Morgan fingerprint density at radius 1 is 1.64 bits per heavy atom. The molecular formula is C9H15NO4. The van der Waals surface area contributed by atoms with Crippen molar-refractivity contribution in [2.24, 2.45) is 11.1 Å². The lowest BCUT2D eigenvalue weighted by atomic mass is 9.87. The lowest BCUT2D eigenvalue weighted by Gasteiger charge is -2.29. The van der Waals surface area contributed by atoms with Crippen LogP contribution in [0.2, 0.25) is 0 Å². The molecule has 0 radical (unpaired) electrons. The van der Waals surface area contributed by atoms with E-state index in [4.69, 9.17) is 15.6 Å². The van der Waals surface area contributed by atoms with Crippen LogP contribution in [0.4, 0.5) is 0 Å². The van der Waals surface area contributed by atoms with Crippen LogP contribution in [0.15, 0.2) is 12.7 Å². The van der Waals surface area contributed by atoms with Gasteiger partial charge in [-0.1, -0.05) is 20.4 Å². The minimum absolute atomic E-state index is 0.314. The second kappa shape index (κ2) is 4.76. The maximum absolute atomic E-state index is 11.0. The molecule has 5 nitrogen and oxygen atoms in total. The van der Waals surface area contributed by atoms with Crippen LogP contribution in [-0.2, 0) is 14.3 Å². The maximum Gasteiger partial charge on any atom is 0.330 e. The van der Waals surface area contributed by atoms with Crippen LogP contribution in [0.3, 0.4) is 0 Å². The summed E-state index contributed by atoms with van der Waals surface area (Å²) in [5.41, 5.74) is 4.14. The normalized spacial score (nSPS) is 13.1. The third-order valence-electron chi connectivity index (χ3n) is 1.78. The molecule has 0 saturated heterocycles. The number of carbonyl (C=O) groups is 2. The van der Waals surface area contributed by atoms with Crippen molar-refractivity contribution in [2.75, 3.05) is 6.61 Å². The number of aliphatic hydroxyl groups excluding tert-OH is 1. The molecule has 0 aromatic rings. The van der Waals surface area contributed by atoms with E-state index < -0.39 is 23.4 Å². The van der Waals surface area contributed by atoms with Crippen LogP contribution in [0.5, 0.6) is 0 Å². The smallest absolute Gasteiger partial charge is 0.330 e. The Bertz CT molecular complexity index is 247. The highest BCUT2D eigenvalue weighted by atomic mass is 16.5. The first-order valence-electron chi connectivity index (χ1n) is 4.08. The molecule has 1 atom stereocenters. The number of esters is 1. The summed E-state index contributed by atoms with van der Waals surface area (Å²) in [5.74, 6) is -1.53. The minimum Gasteiger partial charge on any atom is -0.448 e. The molecule has 5 heteroatoms. The number of rotatable bonds is 5. The Kier molecular flexibility index (Phi) is 4.30. The van der Waals surface area contributed by atoms with Crippen molar-refractivity contribution in [3.63, 3.8) is 0 Å². The fraction of sp³-hybridized carbons (Fsp3) is 0.556. The summed E-state index contributed by atoms with van der Waals surface area (Å²) in [7, 11) is 0. The molecule has 0 aliphatic heterocycles. The summed E-state index contributed by atoms with van der Waals surface area (Å²) in [6, 6.07) is 0. The zero-order valence-electron chi connectivity index (χ0n) is 8.32. The van der Waals surface area contributed by atoms with Gasteiger partial charge >= 0.3 is 5.97 Å². The highest BCUT2D eigenvalue weighted by Crippen LogP contribution is 2.22. The van der Waals surface area contributed by atoms with Crippen LogP contribution in [0.25, 0.3) is 0 Å². The van der Waals surface area contributed by atoms with E-state index in [1.807, 2.05) is 0 Å². The zero-order valence-corrected chi connectivity index (χ0v) is 8.32. The molecule has 14 heavy (non-hydrogen) atoms. The van der Waals surface area contributed by atoms with Crippen molar-refractivity contribution < 1.29 is 19.4 Å². The number of hydrogen-bond donors (Lipinski definition) is 2. The van der Waals surface area contributed by atoms with E-state index in [1.54, 1.807) is 13.8 Å². The molecule has 3 N–H and O–H groups in total. The van der Waals surface area contributed by atoms with Crippen molar-refractivity contribution in [1.82, 2.24) is 0 Å². The third-order valence-corrected chi connectivity index (χ3v) is 1.78. The highest BCUT2D eigenvalue weighted by Gasteiger charge is 2.36. The van der Waals surface area contributed by atoms with Crippen LogP contribution in [-0.4, -0.2) is 29.7 Å². The monoisotopic (exact) mass is 201 g/mol. The highest BCUT2D eigenvalue weighted by molar-refractivity contribution is 5.87. The first kappa shape index (κ1) is 12.6. The Labute approximate surface area is 82.5 Å². The van der Waals surface area contributed by atoms with Gasteiger partial charge in [0.2, 0.25) is 0 Å². The Balaban J connectivity index is 4.69. The SMILES string of the molecule is C=CC(=O)O[C@@H](C(N)=O)C(C)(C)CO. The molecule has 0 unspecified atom stereocenters. The molecule has 0 bridgehead atoms. The molecule has 0 spiro atoms. The molecular weight excluding hydrogens is 186 g/mol. The lowest BCUT2D eigenvalue weighted by Crippen LogP contribution is -2.45. The van der Waals surface area contributed by atoms with Crippen molar-refractivity contribution >= 4 is 11.9 Å². The second-order valence-corrected chi connectivity index (χ2v) is 3.57. The van der Waals surface area contributed by atoms with Gasteiger partial charge < -0.3 is 15.6 Å². The summed E-state index contributed by atoms with van der Waals surface area (Å²) in [4.78, 5) is 21.8. The Morgan fingerprint density at radius 3 is 2.43 bits per heavy atom. The third kappa shape index (κ3) is 3.18. The summed E-state index contributed by atoms with van der Waals surface area (Å²) < 4.78 is 4.73. The second-order valence-electron chi connectivity index (χ2n) is 3.57. The summed E-state index contributed by atoms with van der Waals surface area (Å²) in [5, 5.41) is 8.97. The molecule has 1 amide bonds. The van der Waals surface area contributed by atoms with E-state index in [0.29, 0.717) is 0 Å². The molecule has 0 rings (SSSR count). The van der Waals surface area contributed by atoms with E-state index in [0.717, 1.165) is 6.08 Å². The molecule has 80 valence electrons. The van der Waals surface area contributed by atoms with Gasteiger partial charge in [-0.25, -0.2) is 4.79 Å². The van der Waals surface area contributed by atoms with Gasteiger partial charge in [0, 0.05) is 11.5 Å². The van der Waals surface area contributed by atoms with Gasteiger partial charge in [-0.3, -0.25) is 4.79 Å². The standard InChI is InChI=1S/C9H15NO4/c1-4-6(12)14-7(8(10)13)9(2,3)5-11/h4,7,11H,1,5H2,2-3H3,(H2,10,13)/t7-/m0/s1. The van der Waals surface area contributed by atoms with Crippen LogP contribution in [0.1, 0.15) is 13.8 Å². The average Bonchev–Trinajstić information content (AvgIpc) is 2.12. The van der Waals surface area contributed by atoms with E-state index >= 15 is 0 Å². The predicted octanol–water partition coefficient (Wildman–Crippen LogP) is -0.412. The number of carbonyl (C=O) groups excluding carboxylic acids is 2. The van der Waals surface area contributed by atoms with Crippen molar-refractivity contribution in [3.05, 3.63) is 12.7 Å². The van der Waals surface area contributed by atoms with Gasteiger partial charge in [-0.15, -0.1) is 0 Å². The van der Waals surface area contributed by atoms with Crippen molar-refractivity contribution in [1.29, 1.82) is 0 Å². The lowest BCUT2D eigenvalue weighted by molar-refractivity contribution is -0.159. The Morgan fingerprint density at radius 2 is 2.14 bits per heavy atom. The number of primary amides is 1. The van der Waals surface area contributed by atoms with Gasteiger partial charge in [0.25, 0.3) is 5.91 Å². The van der Waals surface area contributed by atoms with Gasteiger partial charge in [0.15, 0.2) is 6.10 Å². The molecule has 0 saturated carbocycles. The quantitative estimate of drug-likeness (QED) is 0.467. The van der Waals surface area contributed by atoms with E-state index in [9.17, 15) is 9.59 Å². The summed E-state index contributed by atoms with van der Waals surface area (Å²) in [6.45, 7) is 6.01. The predicted molar refractivity (Wildman–Crippen MR) is 50.1 cm³/mol. The van der Waals surface area contributed by atoms with Gasteiger partial charge in [0.05, 0.1) is 6.61 Å². The molecule has 0 aromatic carbocycles.